The van der Waals surface area contributed by atoms with Crippen molar-refractivity contribution in [2.75, 3.05) is 18.9 Å². The van der Waals surface area contributed by atoms with E-state index < -0.39 is 17.6 Å². The van der Waals surface area contributed by atoms with Crippen molar-refractivity contribution in [3.05, 3.63) is 16.7 Å². The van der Waals surface area contributed by atoms with E-state index in [0.29, 0.717) is 31.5 Å². The van der Waals surface area contributed by atoms with Crippen molar-refractivity contribution in [3.8, 4) is 0 Å². The average Bonchev–Trinajstić information content (AvgIpc) is 3.40. The highest BCUT2D eigenvalue weighted by Crippen LogP contribution is 2.18. The number of nitrogen functional groups attached to an aromatic ring is 1. The van der Waals surface area contributed by atoms with E-state index in [1.54, 1.807) is 10.9 Å². The number of hydrogen-bond donors (Lipinski definition) is 3. The number of rotatable bonds is 26. The van der Waals surface area contributed by atoms with Gasteiger partial charge in [0, 0.05) is 13.0 Å². The lowest BCUT2D eigenvalue weighted by molar-refractivity contribution is -0.146. The highest BCUT2D eigenvalue weighted by atomic mass is 16.5. The van der Waals surface area contributed by atoms with E-state index >= 15 is 0 Å². The molecule has 0 aromatic carbocycles. The molecule has 2 aromatic rings. The van der Waals surface area contributed by atoms with Gasteiger partial charge in [0.05, 0.1) is 19.5 Å². The molecule has 1 unspecified atom stereocenters. The molecule has 0 radical (unpaired) electrons. The SMILES string of the molecule is CCCCCCCCCCCCCCCCCC(=O)OCCC(CCOC(=O)[C@@H](N)C(C)C)Cn1cnc2c(=O)[nH]c(N)nc21. The van der Waals surface area contributed by atoms with Crippen LogP contribution in [0, 0.1) is 11.8 Å². The number of nitrogens with two attached hydrogens (primary N) is 2. The average molecular weight is 633 g/mol. The van der Waals surface area contributed by atoms with Gasteiger partial charge in [0.15, 0.2) is 11.2 Å². The molecule has 0 amide bonds. The second-order valence-corrected chi connectivity index (χ2v) is 12.8. The van der Waals surface area contributed by atoms with Crippen LogP contribution in [0.25, 0.3) is 11.2 Å². The van der Waals surface area contributed by atoms with Crippen molar-refractivity contribution < 1.29 is 19.1 Å². The molecule has 0 spiro atoms. The van der Waals surface area contributed by atoms with Crippen LogP contribution in [-0.4, -0.2) is 50.7 Å². The summed E-state index contributed by atoms with van der Waals surface area (Å²) >= 11 is 0. The monoisotopic (exact) mass is 632 g/mol. The molecule has 2 rings (SSSR count). The lowest BCUT2D eigenvalue weighted by Crippen LogP contribution is -2.37. The zero-order valence-corrected chi connectivity index (χ0v) is 28.2. The Bertz CT molecular complexity index is 1160. The number of unbranched alkanes of at least 4 members (excludes halogenated alkanes) is 14. The molecule has 0 aliphatic carbocycles. The van der Waals surface area contributed by atoms with Crippen LogP contribution in [0.3, 0.4) is 0 Å². The first kappa shape index (κ1) is 38.2. The van der Waals surface area contributed by atoms with E-state index in [0.717, 1.165) is 19.3 Å². The predicted octanol–water partition coefficient (Wildman–Crippen LogP) is 6.43. The summed E-state index contributed by atoms with van der Waals surface area (Å²) in [7, 11) is 0. The van der Waals surface area contributed by atoms with Gasteiger partial charge in [0.25, 0.3) is 5.56 Å². The number of imidazole rings is 1. The number of fused-ring (bicyclic) bond motifs is 1. The number of carbonyl (C=O) groups excluding carboxylic acids is 2. The fraction of sp³-hybridized carbons (Fsp3) is 0.794. The van der Waals surface area contributed by atoms with Crippen LogP contribution in [0.2, 0.25) is 0 Å². The second-order valence-electron chi connectivity index (χ2n) is 12.8. The zero-order chi connectivity index (χ0) is 32.9. The summed E-state index contributed by atoms with van der Waals surface area (Å²) in [5, 5.41) is 0. The van der Waals surface area contributed by atoms with Gasteiger partial charge in [-0.05, 0) is 31.1 Å². The minimum absolute atomic E-state index is 0.00938. The Balaban J connectivity index is 1.66. The number of nitrogens with one attached hydrogen (secondary N) is 1. The number of carbonyl (C=O) groups is 2. The molecule has 0 aliphatic rings. The number of anilines is 1. The van der Waals surface area contributed by atoms with Crippen LogP contribution in [0.1, 0.15) is 136 Å². The molecular weight excluding hydrogens is 572 g/mol. The number of ether oxygens (including phenoxy) is 2. The first-order valence-electron chi connectivity index (χ1n) is 17.5. The van der Waals surface area contributed by atoms with E-state index in [1.165, 1.54) is 77.0 Å². The fourth-order valence-corrected chi connectivity index (χ4v) is 5.46. The van der Waals surface area contributed by atoms with Gasteiger partial charge in [-0.3, -0.25) is 19.4 Å². The van der Waals surface area contributed by atoms with Gasteiger partial charge in [0.2, 0.25) is 5.95 Å². The molecule has 0 saturated heterocycles. The van der Waals surface area contributed by atoms with Crippen molar-refractivity contribution in [3.63, 3.8) is 0 Å². The van der Waals surface area contributed by atoms with E-state index in [9.17, 15) is 14.4 Å². The molecule has 0 saturated carbocycles. The van der Waals surface area contributed by atoms with Gasteiger partial charge in [-0.2, -0.15) is 4.98 Å². The molecule has 2 atom stereocenters. The molecule has 11 nitrogen and oxygen atoms in total. The van der Waals surface area contributed by atoms with Crippen molar-refractivity contribution in [1.29, 1.82) is 0 Å². The van der Waals surface area contributed by atoms with Crippen LogP contribution in [0.4, 0.5) is 5.95 Å². The van der Waals surface area contributed by atoms with Crippen molar-refractivity contribution in [2.24, 2.45) is 17.6 Å². The third-order valence-corrected chi connectivity index (χ3v) is 8.48. The van der Waals surface area contributed by atoms with Gasteiger partial charge in [-0.1, -0.05) is 111 Å². The Morgan fingerprint density at radius 3 is 1.96 bits per heavy atom. The van der Waals surface area contributed by atoms with Crippen LogP contribution in [0.15, 0.2) is 11.1 Å². The molecule has 45 heavy (non-hydrogen) atoms. The van der Waals surface area contributed by atoms with Crippen molar-refractivity contribution >= 4 is 29.1 Å². The van der Waals surface area contributed by atoms with Crippen LogP contribution >= 0.6 is 0 Å². The van der Waals surface area contributed by atoms with E-state index in [-0.39, 0.29) is 42.5 Å². The Morgan fingerprint density at radius 1 is 0.867 bits per heavy atom. The number of aromatic amines is 1. The molecule has 0 bridgehead atoms. The molecule has 256 valence electrons. The van der Waals surface area contributed by atoms with Gasteiger partial charge in [0.1, 0.15) is 6.04 Å². The molecule has 2 aromatic heterocycles. The normalized spacial score (nSPS) is 12.9. The highest BCUT2D eigenvalue weighted by Gasteiger charge is 2.20. The standard InChI is InChI=1S/C34H60N6O5/c1-4-5-6-7-8-9-10-11-12-13-14-15-16-17-18-19-28(41)44-22-20-27(21-23-45-33(43)29(35)26(2)3)24-40-25-37-30-31(40)38-34(36)39-32(30)42/h25-27,29H,4-24,35H2,1-3H3,(H3,36,38,39,42)/t27?,29-/m0/s1. The minimum atomic E-state index is -0.680. The summed E-state index contributed by atoms with van der Waals surface area (Å²) in [5.41, 5.74) is 11.8. The summed E-state index contributed by atoms with van der Waals surface area (Å²) in [5.74, 6) is -0.676. The molecule has 5 N–H and O–H groups in total. The number of hydrogen-bond acceptors (Lipinski definition) is 9. The van der Waals surface area contributed by atoms with Gasteiger partial charge < -0.3 is 25.5 Å². The summed E-state index contributed by atoms with van der Waals surface area (Å²) in [4.78, 5) is 47.7. The summed E-state index contributed by atoms with van der Waals surface area (Å²) in [6.07, 6.45) is 22.3. The second kappa shape index (κ2) is 22.5. The molecular formula is C34H60N6O5. The highest BCUT2D eigenvalue weighted by molar-refractivity contribution is 5.75. The molecule has 2 heterocycles. The van der Waals surface area contributed by atoms with Crippen LogP contribution in [0.5, 0.6) is 0 Å². The maximum absolute atomic E-state index is 12.4. The summed E-state index contributed by atoms with van der Waals surface area (Å²) in [6, 6.07) is -0.680. The van der Waals surface area contributed by atoms with Gasteiger partial charge in [-0.15, -0.1) is 0 Å². The van der Waals surface area contributed by atoms with E-state index in [4.69, 9.17) is 20.9 Å². The zero-order valence-electron chi connectivity index (χ0n) is 28.2. The quantitative estimate of drug-likeness (QED) is 0.0781. The molecule has 0 aliphatic heterocycles. The Labute approximate surface area is 269 Å². The first-order valence-corrected chi connectivity index (χ1v) is 17.5. The van der Waals surface area contributed by atoms with Gasteiger partial charge in [-0.25, -0.2) is 4.98 Å². The number of H-pyrrole nitrogens is 1. The predicted molar refractivity (Wildman–Crippen MR) is 180 cm³/mol. The smallest absolute Gasteiger partial charge is 0.323 e. The number of esters is 2. The number of nitrogens with zero attached hydrogens (tertiary/aromatic N) is 3. The number of aromatic nitrogens is 4. The van der Waals surface area contributed by atoms with Crippen LogP contribution in [-0.2, 0) is 25.6 Å². The summed E-state index contributed by atoms with van der Waals surface area (Å²) in [6.45, 7) is 6.88. The third kappa shape index (κ3) is 15.7. The topological polar surface area (TPSA) is 168 Å². The summed E-state index contributed by atoms with van der Waals surface area (Å²) < 4.78 is 12.7. The fourth-order valence-electron chi connectivity index (χ4n) is 5.46. The Kier molecular flexibility index (Phi) is 19.1. The Morgan fingerprint density at radius 2 is 1.40 bits per heavy atom. The maximum Gasteiger partial charge on any atom is 0.323 e. The lowest BCUT2D eigenvalue weighted by atomic mass is 10.0. The van der Waals surface area contributed by atoms with Crippen molar-refractivity contribution in [2.45, 2.75) is 149 Å². The van der Waals surface area contributed by atoms with E-state index in [2.05, 4.69) is 21.9 Å². The molecule has 11 heteroatoms. The largest absolute Gasteiger partial charge is 0.466 e. The third-order valence-electron chi connectivity index (χ3n) is 8.48. The van der Waals surface area contributed by atoms with Gasteiger partial charge >= 0.3 is 11.9 Å². The van der Waals surface area contributed by atoms with E-state index in [1.807, 2.05) is 13.8 Å². The van der Waals surface area contributed by atoms with Crippen LogP contribution < -0.4 is 17.0 Å². The van der Waals surface area contributed by atoms with Crippen molar-refractivity contribution in [1.82, 2.24) is 19.5 Å². The Hall–Kier alpha value is -2.95. The maximum atomic E-state index is 12.4. The first-order chi connectivity index (χ1) is 21.7. The minimum Gasteiger partial charge on any atom is -0.466 e. The molecule has 0 fully saturated rings. The lowest BCUT2D eigenvalue weighted by Gasteiger charge is -2.19.